The first kappa shape index (κ1) is 9.94. The number of hydrogen-bond acceptors (Lipinski definition) is 2. The number of thiophene rings is 1. The molecular formula is C13H9ClOS. The minimum Gasteiger partial charge on any atom is -0.508 e. The molecule has 0 radical (unpaired) electrons. The topological polar surface area (TPSA) is 20.2 Å². The molecule has 0 saturated carbocycles. The Labute approximate surface area is 102 Å². The van der Waals surface area contributed by atoms with Gasteiger partial charge in [0.15, 0.2) is 0 Å². The highest BCUT2D eigenvalue weighted by atomic mass is 35.5. The molecule has 3 aromatic rings. The number of phenolic OH excluding ortho intramolecular Hbond substituents is 1. The number of aromatic hydroxyl groups is 1. The van der Waals surface area contributed by atoms with E-state index in [1.807, 2.05) is 25.1 Å². The van der Waals surface area contributed by atoms with Gasteiger partial charge < -0.3 is 5.11 Å². The van der Waals surface area contributed by atoms with Crippen LogP contribution < -0.4 is 0 Å². The lowest BCUT2D eigenvalue weighted by molar-refractivity contribution is 0.476. The third-order valence-electron chi connectivity index (χ3n) is 2.81. The Kier molecular flexibility index (Phi) is 2.09. The lowest BCUT2D eigenvalue weighted by Gasteiger charge is -1.98. The first-order chi connectivity index (χ1) is 7.66. The summed E-state index contributed by atoms with van der Waals surface area (Å²) in [5, 5.41) is 12.6. The molecule has 1 aromatic heterocycles. The molecule has 1 N–H and O–H groups in total. The zero-order valence-corrected chi connectivity index (χ0v) is 10.2. The van der Waals surface area contributed by atoms with E-state index in [-0.39, 0.29) is 0 Å². The van der Waals surface area contributed by atoms with E-state index in [1.54, 1.807) is 23.5 Å². The second-order valence-electron chi connectivity index (χ2n) is 3.83. The van der Waals surface area contributed by atoms with Crippen molar-refractivity contribution in [2.24, 2.45) is 0 Å². The van der Waals surface area contributed by atoms with Crippen LogP contribution in [0.25, 0.3) is 20.2 Å². The lowest BCUT2D eigenvalue weighted by Crippen LogP contribution is -1.74. The molecule has 0 aliphatic carbocycles. The van der Waals surface area contributed by atoms with Crippen molar-refractivity contribution in [1.29, 1.82) is 0 Å². The molecule has 3 rings (SSSR count). The fourth-order valence-electron chi connectivity index (χ4n) is 1.94. The average molecular weight is 249 g/mol. The van der Waals surface area contributed by atoms with Gasteiger partial charge in [0.05, 0.1) is 0 Å². The fourth-order valence-corrected chi connectivity index (χ4v) is 3.39. The van der Waals surface area contributed by atoms with Crippen LogP contribution in [0.5, 0.6) is 5.75 Å². The van der Waals surface area contributed by atoms with Crippen LogP contribution in [0.2, 0.25) is 5.02 Å². The van der Waals surface area contributed by atoms with E-state index in [1.165, 1.54) is 15.5 Å². The number of phenols is 1. The molecule has 1 nitrogen and oxygen atoms in total. The van der Waals surface area contributed by atoms with Crippen molar-refractivity contribution in [3.63, 3.8) is 0 Å². The molecule has 0 fully saturated rings. The molecular weight excluding hydrogens is 240 g/mol. The Morgan fingerprint density at radius 1 is 1.12 bits per heavy atom. The monoisotopic (exact) mass is 248 g/mol. The Bertz CT molecular complexity index is 700. The van der Waals surface area contributed by atoms with Crippen molar-refractivity contribution in [3.05, 3.63) is 40.9 Å². The van der Waals surface area contributed by atoms with E-state index in [2.05, 4.69) is 0 Å². The minimum atomic E-state index is 0.308. The third kappa shape index (κ3) is 1.30. The number of hydrogen-bond donors (Lipinski definition) is 1. The van der Waals surface area contributed by atoms with E-state index >= 15 is 0 Å². The van der Waals surface area contributed by atoms with Gasteiger partial charge in [-0.3, -0.25) is 0 Å². The first-order valence-electron chi connectivity index (χ1n) is 4.97. The highest BCUT2D eigenvalue weighted by Gasteiger charge is 2.09. The Morgan fingerprint density at radius 3 is 2.69 bits per heavy atom. The van der Waals surface area contributed by atoms with Gasteiger partial charge in [0.1, 0.15) is 5.75 Å². The van der Waals surface area contributed by atoms with Crippen molar-refractivity contribution in [3.8, 4) is 5.75 Å². The molecule has 0 bridgehead atoms. The Morgan fingerprint density at radius 2 is 1.88 bits per heavy atom. The van der Waals surface area contributed by atoms with E-state index in [0.717, 1.165) is 15.3 Å². The van der Waals surface area contributed by atoms with Gasteiger partial charge in [0, 0.05) is 25.2 Å². The number of halogens is 1. The molecule has 0 aliphatic heterocycles. The lowest BCUT2D eigenvalue weighted by atomic mass is 10.1. The highest BCUT2D eigenvalue weighted by molar-refractivity contribution is 7.26. The zero-order valence-electron chi connectivity index (χ0n) is 8.62. The standard InChI is InChI=1S/C13H9ClOS/c1-7-11(14)5-4-10-9-3-2-8(15)6-12(9)16-13(7)10/h2-6,15H,1H3. The molecule has 0 aliphatic rings. The fraction of sp³-hybridized carbons (Fsp3) is 0.0769. The molecule has 0 atom stereocenters. The van der Waals surface area contributed by atoms with Gasteiger partial charge in [-0.05, 0) is 36.8 Å². The average Bonchev–Trinajstić information content (AvgIpc) is 2.62. The SMILES string of the molecule is Cc1c(Cl)ccc2c1sc1cc(O)ccc12. The van der Waals surface area contributed by atoms with Crippen molar-refractivity contribution < 1.29 is 5.11 Å². The Hall–Kier alpha value is -1.25. The molecule has 0 saturated heterocycles. The molecule has 2 aromatic carbocycles. The molecule has 0 amide bonds. The summed E-state index contributed by atoms with van der Waals surface area (Å²) in [5.41, 5.74) is 1.11. The quantitative estimate of drug-likeness (QED) is 0.610. The van der Waals surface area contributed by atoms with Crippen molar-refractivity contribution in [1.82, 2.24) is 0 Å². The van der Waals surface area contributed by atoms with Crippen LogP contribution in [-0.2, 0) is 0 Å². The summed E-state index contributed by atoms with van der Waals surface area (Å²) in [4.78, 5) is 0. The second kappa shape index (κ2) is 3.37. The molecule has 0 unspecified atom stereocenters. The third-order valence-corrected chi connectivity index (χ3v) is 4.50. The van der Waals surface area contributed by atoms with Crippen LogP contribution in [0.3, 0.4) is 0 Å². The van der Waals surface area contributed by atoms with Gasteiger partial charge in [-0.25, -0.2) is 0 Å². The van der Waals surface area contributed by atoms with Gasteiger partial charge in [0.2, 0.25) is 0 Å². The normalized spacial score (nSPS) is 11.4. The van der Waals surface area contributed by atoms with E-state index in [9.17, 15) is 5.11 Å². The highest BCUT2D eigenvalue weighted by Crippen LogP contribution is 2.39. The van der Waals surface area contributed by atoms with Crippen molar-refractivity contribution in [2.45, 2.75) is 6.92 Å². The number of fused-ring (bicyclic) bond motifs is 3. The summed E-state index contributed by atoms with van der Waals surface area (Å²) in [7, 11) is 0. The first-order valence-corrected chi connectivity index (χ1v) is 6.16. The molecule has 16 heavy (non-hydrogen) atoms. The summed E-state index contributed by atoms with van der Waals surface area (Å²) in [5.74, 6) is 0.308. The largest absolute Gasteiger partial charge is 0.508 e. The van der Waals surface area contributed by atoms with Crippen LogP contribution >= 0.6 is 22.9 Å². The smallest absolute Gasteiger partial charge is 0.117 e. The second-order valence-corrected chi connectivity index (χ2v) is 5.29. The van der Waals surface area contributed by atoms with Crippen molar-refractivity contribution in [2.75, 3.05) is 0 Å². The molecule has 0 spiro atoms. The summed E-state index contributed by atoms with van der Waals surface area (Å²) in [6.07, 6.45) is 0. The van der Waals surface area contributed by atoms with E-state index in [4.69, 9.17) is 11.6 Å². The molecule has 3 heteroatoms. The van der Waals surface area contributed by atoms with Gasteiger partial charge in [-0.1, -0.05) is 17.7 Å². The Balaban J connectivity index is 2.55. The number of aryl methyl sites for hydroxylation is 1. The predicted molar refractivity (Wildman–Crippen MR) is 70.7 cm³/mol. The summed E-state index contributed by atoms with van der Waals surface area (Å²) < 4.78 is 2.30. The maximum absolute atomic E-state index is 9.46. The minimum absolute atomic E-state index is 0.308. The van der Waals surface area contributed by atoms with Crippen LogP contribution in [0.15, 0.2) is 30.3 Å². The van der Waals surface area contributed by atoms with Gasteiger partial charge in [-0.15, -0.1) is 11.3 Å². The van der Waals surface area contributed by atoms with Crippen LogP contribution in [0.4, 0.5) is 0 Å². The zero-order chi connectivity index (χ0) is 11.3. The molecule has 80 valence electrons. The number of benzene rings is 2. The summed E-state index contributed by atoms with van der Waals surface area (Å²) >= 11 is 7.78. The molecule has 1 heterocycles. The van der Waals surface area contributed by atoms with Gasteiger partial charge in [-0.2, -0.15) is 0 Å². The summed E-state index contributed by atoms with van der Waals surface area (Å²) in [6, 6.07) is 9.45. The van der Waals surface area contributed by atoms with Crippen LogP contribution in [0.1, 0.15) is 5.56 Å². The number of rotatable bonds is 0. The maximum Gasteiger partial charge on any atom is 0.117 e. The van der Waals surface area contributed by atoms with Gasteiger partial charge in [0.25, 0.3) is 0 Å². The van der Waals surface area contributed by atoms with E-state index in [0.29, 0.717) is 5.75 Å². The van der Waals surface area contributed by atoms with E-state index < -0.39 is 0 Å². The predicted octanol–water partition coefficient (Wildman–Crippen LogP) is 4.72. The maximum atomic E-state index is 9.46. The van der Waals surface area contributed by atoms with Crippen LogP contribution in [-0.4, -0.2) is 5.11 Å². The van der Waals surface area contributed by atoms with Crippen molar-refractivity contribution >= 4 is 43.1 Å². The van der Waals surface area contributed by atoms with Gasteiger partial charge >= 0.3 is 0 Å². The van der Waals surface area contributed by atoms with Crippen LogP contribution in [0, 0.1) is 6.92 Å². The summed E-state index contributed by atoms with van der Waals surface area (Å²) in [6.45, 7) is 2.03.